The van der Waals surface area contributed by atoms with Gasteiger partial charge in [0.15, 0.2) is 0 Å². The largest absolute Gasteiger partial charge is 0.457 e. The second-order valence-electron chi connectivity index (χ2n) is 5.07. The molecule has 0 saturated heterocycles. The van der Waals surface area contributed by atoms with Crippen LogP contribution in [0.2, 0.25) is 0 Å². The summed E-state index contributed by atoms with van der Waals surface area (Å²) in [5.41, 5.74) is 2.29. The average Bonchev–Trinajstić information content (AvgIpc) is 2.49. The van der Waals surface area contributed by atoms with Crippen LogP contribution in [0.1, 0.15) is 33.1 Å². The van der Waals surface area contributed by atoms with Gasteiger partial charge in [-0.3, -0.25) is 4.55 Å². The molecule has 0 radical (unpaired) electrons. The lowest BCUT2D eigenvalue weighted by molar-refractivity contribution is 0.414. The van der Waals surface area contributed by atoms with E-state index in [0.29, 0.717) is 5.75 Å². The second-order valence-corrected chi connectivity index (χ2v) is 6.49. The number of hydrogen-bond donors (Lipinski definition) is 1. The molecule has 0 atom stereocenters. The van der Waals surface area contributed by atoms with Crippen molar-refractivity contribution in [3.8, 4) is 5.75 Å². The van der Waals surface area contributed by atoms with E-state index in [2.05, 4.69) is 0 Å². The van der Waals surface area contributed by atoms with Crippen molar-refractivity contribution < 1.29 is 17.7 Å². The van der Waals surface area contributed by atoms with Crippen molar-refractivity contribution in [2.24, 2.45) is 0 Å². The molecule has 0 aliphatic heterocycles. The molecular formula is C17H20O4S. The van der Waals surface area contributed by atoms with E-state index in [1.54, 1.807) is 12.1 Å². The van der Waals surface area contributed by atoms with Gasteiger partial charge < -0.3 is 4.74 Å². The van der Waals surface area contributed by atoms with E-state index < -0.39 is 10.1 Å². The molecule has 0 bridgehead atoms. The highest BCUT2D eigenvalue weighted by Crippen LogP contribution is 2.32. The molecule has 0 aromatic heterocycles. The topological polar surface area (TPSA) is 63.6 Å². The molecule has 5 heteroatoms. The molecule has 0 saturated carbocycles. The maximum atomic E-state index is 11.1. The third-order valence-electron chi connectivity index (χ3n) is 3.53. The van der Waals surface area contributed by atoms with Gasteiger partial charge in [-0.1, -0.05) is 18.2 Å². The fraction of sp³-hybridized carbons (Fsp3) is 0.294. The third kappa shape index (κ3) is 3.87. The van der Waals surface area contributed by atoms with Crippen molar-refractivity contribution in [3.05, 3.63) is 59.4 Å². The minimum Gasteiger partial charge on any atom is -0.457 e. The van der Waals surface area contributed by atoms with Crippen LogP contribution in [0.3, 0.4) is 0 Å². The maximum Gasteiger partial charge on any atom is 0.294 e. The molecule has 1 aromatic carbocycles. The Morgan fingerprint density at radius 2 is 1.82 bits per heavy atom. The smallest absolute Gasteiger partial charge is 0.294 e. The molecule has 118 valence electrons. The summed E-state index contributed by atoms with van der Waals surface area (Å²) in [6.45, 7) is 3.95. The Labute approximate surface area is 131 Å². The van der Waals surface area contributed by atoms with E-state index in [0.717, 1.165) is 36.2 Å². The zero-order valence-electron chi connectivity index (χ0n) is 12.7. The predicted octanol–water partition coefficient (Wildman–Crippen LogP) is 4.27. The molecule has 1 N–H and O–H groups in total. The van der Waals surface area contributed by atoms with Gasteiger partial charge in [-0.05, 0) is 68.5 Å². The SMILES string of the molecule is C/C=C/C1=C(Oc2ccc(S(=O)(=O)O)cc2)C(=C/C)/CCC1. The summed E-state index contributed by atoms with van der Waals surface area (Å²) in [7, 11) is -4.18. The van der Waals surface area contributed by atoms with Gasteiger partial charge in [-0.15, -0.1) is 0 Å². The number of benzene rings is 1. The van der Waals surface area contributed by atoms with Crippen LogP contribution < -0.4 is 4.74 Å². The van der Waals surface area contributed by atoms with Gasteiger partial charge in [0.05, 0.1) is 4.90 Å². The van der Waals surface area contributed by atoms with Gasteiger partial charge in [-0.25, -0.2) is 0 Å². The van der Waals surface area contributed by atoms with E-state index in [-0.39, 0.29) is 4.90 Å². The van der Waals surface area contributed by atoms with E-state index in [1.165, 1.54) is 12.1 Å². The van der Waals surface area contributed by atoms with Crippen LogP contribution in [0.15, 0.2) is 64.3 Å². The van der Waals surface area contributed by atoms with Crippen molar-refractivity contribution in [1.29, 1.82) is 0 Å². The molecule has 4 nitrogen and oxygen atoms in total. The monoisotopic (exact) mass is 320 g/mol. The van der Waals surface area contributed by atoms with Crippen LogP contribution in [0.25, 0.3) is 0 Å². The third-order valence-corrected chi connectivity index (χ3v) is 4.40. The van der Waals surface area contributed by atoms with Crippen LogP contribution >= 0.6 is 0 Å². The lowest BCUT2D eigenvalue weighted by atomic mass is 9.92. The van der Waals surface area contributed by atoms with Crippen molar-refractivity contribution in [3.63, 3.8) is 0 Å². The number of rotatable bonds is 4. The van der Waals surface area contributed by atoms with Crippen LogP contribution in [0, 0.1) is 0 Å². The Morgan fingerprint density at radius 1 is 1.14 bits per heavy atom. The molecule has 1 aromatic rings. The Bertz CT molecular complexity index is 722. The molecule has 0 fully saturated rings. The first kappa shape index (κ1) is 16.5. The Kier molecular flexibility index (Phi) is 5.21. The zero-order valence-corrected chi connectivity index (χ0v) is 13.6. The van der Waals surface area contributed by atoms with Crippen molar-refractivity contribution in [2.75, 3.05) is 0 Å². The van der Waals surface area contributed by atoms with Gasteiger partial charge >= 0.3 is 0 Å². The molecule has 1 aliphatic rings. The first-order valence-corrected chi connectivity index (χ1v) is 8.66. The maximum absolute atomic E-state index is 11.1. The Morgan fingerprint density at radius 3 is 2.36 bits per heavy atom. The van der Waals surface area contributed by atoms with Crippen LogP contribution in [0.5, 0.6) is 5.75 Å². The molecular weight excluding hydrogens is 300 g/mol. The van der Waals surface area contributed by atoms with Crippen molar-refractivity contribution >= 4 is 10.1 Å². The number of ether oxygens (including phenoxy) is 1. The minimum atomic E-state index is -4.18. The van der Waals surface area contributed by atoms with Crippen molar-refractivity contribution in [2.45, 2.75) is 38.0 Å². The summed E-state index contributed by atoms with van der Waals surface area (Å²) in [6, 6.07) is 5.76. The lowest BCUT2D eigenvalue weighted by Gasteiger charge is -2.21. The summed E-state index contributed by atoms with van der Waals surface area (Å²) in [5, 5.41) is 0. The second kappa shape index (κ2) is 6.94. The van der Waals surface area contributed by atoms with Gasteiger partial charge in [0.25, 0.3) is 10.1 Å². The summed E-state index contributed by atoms with van der Waals surface area (Å²) in [6.07, 6.45) is 9.10. The van der Waals surface area contributed by atoms with Crippen molar-refractivity contribution in [1.82, 2.24) is 0 Å². The molecule has 0 amide bonds. The predicted molar refractivity (Wildman–Crippen MR) is 86.3 cm³/mol. The van der Waals surface area contributed by atoms with E-state index >= 15 is 0 Å². The summed E-state index contributed by atoms with van der Waals surface area (Å²) in [5.74, 6) is 1.39. The lowest BCUT2D eigenvalue weighted by Crippen LogP contribution is -2.08. The summed E-state index contributed by atoms with van der Waals surface area (Å²) < 4.78 is 37.1. The Balaban J connectivity index is 2.34. The van der Waals surface area contributed by atoms with E-state index in [9.17, 15) is 8.42 Å². The van der Waals surface area contributed by atoms with E-state index in [4.69, 9.17) is 9.29 Å². The molecule has 2 rings (SSSR count). The highest BCUT2D eigenvalue weighted by Gasteiger charge is 2.18. The average molecular weight is 320 g/mol. The normalized spacial score (nSPS) is 18.2. The quantitative estimate of drug-likeness (QED) is 0.841. The van der Waals surface area contributed by atoms with Crippen LogP contribution in [-0.2, 0) is 10.1 Å². The molecule has 22 heavy (non-hydrogen) atoms. The molecule has 0 spiro atoms. The molecule has 1 aliphatic carbocycles. The highest BCUT2D eigenvalue weighted by atomic mass is 32.2. The summed E-state index contributed by atoms with van der Waals surface area (Å²) >= 11 is 0. The van der Waals surface area contributed by atoms with Crippen LogP contribution in [-0.4, -0.2) is 13.0 Å². The standard InChI is InChI=1S/C17H20O4S/c1-3-6-14-8-5-7-13(4-2)17(14)21-15-9-11-16(12-10-15)22(18,19)20/h3-4,6,9-12H,5,7-8H2,1-2H3,(H,18,19,20)/b6-3+,13-4+. The fourth-order valence-corrected chi connectivity index (χ4v) is 2.95. The highest BCUT2D eigenvalue weighted by molar-refractivity contribution is 7.85. The summed E-state index contributed by atoms with van der Waals surface area (Å²) in [4.78, 5) is -0.141. The van der Waals surface area contributed by atoms with Gasteiger partial charge in [0.1, 0.15) is 11.5 Å². The molecule has 0 heterocycles. The van der Waals surface area contributed by atoms with Crippen LogP contribution in [0.4, 0.5) is 0 Å². The number of allylic oxidation sites excluding steroid dienone is 5. The minimum absolute atomic E-state index is 0.141. The van der Waals surface area contributed by atoms with E-state index in [1.807, 2.05) is 32.1 Å². The molecule has 0 unspecified atom stereocenters. The first-order chi connectivity index (χ1) is 10.5. The Hall–Kier alpha value is -1.85. The first-order valence-electron chi connectivity index (χ1n) is 7.22. The van der Waals surface area contributed by atoms with Gasteiger partial charge in [-0.2, -0.15) is 8.42 Å². The zero-order chi connectivity index (χ0) is 16.2. The fourth-order valence-electron chi connectivity index (χ4n) is 2.47. The van der Waals surface area contributed by atoms with Gasteiger partial charge in [0, 0.05) is 0 Å². The number of hydrogen-bond acceptors (Lipinski definition) is 3. The van der Waals surface area contributed by atoms with Gasteiger partial charge in [0.2, 0.25) is 0 Å².